The lowest BCUT2D eigenvalue weighted by atomic mass is 9.92. The van der Waals surface area contributed by atoms with E-state index in [4.69, 9.17) is 14.5 Å². The number of rotatable bonds is 10. The van der Waals surface area contributed by atoms with E-state index < -0.39 is 11.9 Å². The first kappa shape index (κ1) is 27.7. The Morgan fingerprint density at radius 1 is 1.14 bits per heavy atom. The van der Waals surface area contributed by atoms with E-state index in [0.717, 1.165) is 68.2 Å². The number of carbonyl (C=O) groups excluding carboxylic acids is 1. The van der Waals surface area contributed by atoms with E-state index >= 15 is 0 Å². The van der Waals surface area contributed by atoms with Gasteiger partial charge < -0.3 is 30.1 Å². The molecule has 42 heavy (non-hydrogen) atoms. The van der Waals surface area contributed by atoms with Gasteiger partial charge in [-0.15, -0.1) is 0 Å². The summed E-state index contributed by atoms with van der Waals surface area (Å²) in [6, 6.07) is 9.32. The van der Waals surface area contributed by atoms with Crippen LogP contribution in [0.4, 0.5) is 17.5 Å². The molecule has 1 atom stereocenters. The third kappa shape index (κ3) is 5.81. The average Bonchev–Trinajstić information content (AvgIpc) is 3.50. The van der Waals surface area contributed by atoms with Gasteiger partial charge in [-0.2, -0.15) is 0 Å². The maximum absolute atomic E-state index is 12.9. The summed E-state index contributed by atoms with van der Waals surface area (Å²) in [6.45, 7) is 4.90. The van der Waals surface area contributed by atoms with E-state index in [2.05, 4.69) is 37.6 Å². The van der Waals surface area contributed by atoms with Crippen LogP contribution in [-0.2, 0) is 17.6 Å². The van der Waals surface area contributed by atoms with Crippen LogP contribution in [0.15, 0.2) is 36.7 Å². The van der Waals surface area contributed by atoms with Crippen LogP contribution in [0, 0.1) is 5.92 Å². The van der Waals surface area contributed by atoms with Gasteiger partial charge >= 0.3 is 5.97 Å². The molecule has 3 aromatic rings. The molecule has 0 saturated carbocycles. The third-order valence-electron chi connectivity index (χ3n) is 8.40. The molecular formula is C31H36N6O5. The van der Waals surface area contributed by atoms with Crippen LogP contribution < -0.4 is 25.0 Å². The number of pyridine rings is 1. The van der Waals surface area contributed by atoms with Gasteiger partial charge in [-0.3, -0.25) is 9.59 Å². The second-order valence-electron chi connectivity index (χ2n) is 11.0. The molecule has 1 fully saturated rings. The van der Waals surface area contributed by atoms with Crippen LogP contribution in [0.25, 0.3) is 0 Å². The number of carboxylic acids is 1. The minimum absolute atomic E-state index is 0.0647. The van der Waals surface area contributed by atoms with Crippen molar-refractivity contribution in [2.45, 2.75) is 51.4 Å². The molecule has 11 nitrogen and oxygen atoms in total. The van der Waals surface area contributed by atoms with Crippen molar-refractivity contribution in [1.82, 2.24) is 15.0 Å². The number of piperidine rings is 1. The molecule has 1 saturated heterocycles. The van der Waals surface area contributed by atoms with Crippen molar-refractivity contribution < 1.29 is 24.2 Å². The van der Waals surface area contributed by atoms with Crippen molar-refractivity contribution >= 4 is 29.2 Å². The molecule has 2 aromatic heterocycles. The number of aromatic nitrogens is 3. The highest BCUT2D eigenvalue weighted by Gasteiger charge is 2.27. The Kier molecular flexibility index (Phi) is 8.07. The van der Waals surface area contributed by atoms with Crippen LogP contribution >= 0.6 is 0 Å². The number of aliphatic carboxylic acids is 1. The van der Waals surface area contributed by atoms with Crippen molar-refractivity contribution in [3.8, 4) is 11.5 Å². The minimum Gasteiger partial charge on any atom is -0.481 e. The first-order chi connectivity index (χ1) is 20.5. The highest BCUT2D eigenvalue weighted by molar-refractivity contribution is 5.98. The highest BCUT2D eigenvalue weighted by atomic mass is 16.7. The third-order valence-corrected chi connectivity index (χ3v) is 8.40. The van der Waals surface area contributed by atoms with E-state index in [1.165, 1.54) is 11.9 Å². The summed E-state index contributed by atoms with van der Waals surface area (Å²) >= 11 is 0. The number of aryl methyl sites for hydroxylation is 1. The monoisotopic (exact) mass is 572 g/mol. The van der Waals surface area contributed by atoms with Gasteiger partial charge in [0.15, 0.2) is 17.3 Å². The molecule has 5 heterocycles. The first-order valence-electron chi connectivity index (χ1n) is 14.7. The van der Waals surface area contributed by atoms with Gasteiger partial charge in [0.25, 0.3) is 0 Å². The van der Waals surface area contributed by atoms with Crippen LogP contribution in [0.1, 0.15) is 65.7 Å². The lowest BCUT2D eigenvalue weighted by molar-refractivity contribution is -0.141. The number of anilines is 3. The number of hydrogen-bond donors (Lipinski definition) is 3. The molecule has 0 spiro atoms. The SMILES string of the molecule is CCc1c(NC[C@H](CC(=O)c2ccc3c(c2)OCO3)C(=O)O)ncnc1N1CCC(c2ccc3c(n2)NCCC3)CC1. The Bertz CT molecular complexity index is 1470. The van der Waals surface area contributed by atoms with Crippen LogP contribution in [0.5, 0.6) is 11.5 Å². The molecule has 6 rings (SSSR count). The zero-order valence-corrected chi connectivity index (χ0v) is 23.8. The number of fused-ring (bicyclic) bond motifs is 2. The Morgan fingerprint density at radius 3 is 2.79 bits per heavy atom. The molecule has 0 unspecified atom stereocenters. The standard InChI is InChI=1S/C31H36N6O5/c1-2-23-29(33-16-22(31(39)40)14-25(38)21-6-8-26-27(15-21)42-18-41-26)34-17-35-30(23)37-12-9-19(10-13-37)24-7-5-20-4-3-11-32-28(20)36-24/h5-8,15,17,19,22H,2-4,9-14,16,18H2,1H3,(H,32,36)(H,39,40)(H,33,34,35)/t22-/m0/s1. The van der Waals surface area contributed by atoms with Crippen LogP contribution in [0.3, 0.4) is 0 Å². The Morgan fingerprint density at radius 2 is 1.98 bits per heavy atom. The van der Waals surface area contributed by atoms with Crippen molar-refractivity contribution in [2.24, 2.45) is 5.92 Å². The Hall–Kier alpha value is -4.41. The van der Waals surface area contributed by atoms with Gasteiger partial charge in [0.05, 0.1) is 5.92 Å². The highest BCUT2D eigenvalue weighted by Crippen LogP contribution is 2.35. The number of hydrogen-bond acceptors (Lipinski definition) is 10. The van der Waals surface area contributed by atoms with Gasteiger partial charge in [-0.1, -0.05) is 13.0 Å². The molecule has 0 amide bonds. The molecule has 0 bridgehead atoms. The fourth-order valence-corrected chi connectivity index (χ4v) is 5.99. The predicted molar refractivity (Wildman–Crippen MR) is 158 cm³/mol. The molecule has 3 aliphatic rings. The predicted octanol–water partition coefficient (Wildman–Crippen LogP) is 4.29. The van der Waals surface area contributed by atoms with Gasteiger partial charge in [-0.05, 0) is 61.9 Å². The normalized spacial score (nSPS) is 16.8. The van der Waals surface area contributed by atoms with Crippen molar-refractivity contribution in [2.75, 3.05) is 48.5 Å². The van der Waals surface area contributed by atoms with Gasteiger partial charge in [0.2, 0.25) is 6.79 Å². The number of nitrogens with one attached hydrogen (secondary N) is 2. The number of ether oxygens (including phenoxy) is 2. The molecule has 3 aliphatic heterocycles. The lowest BCUT2D eigenvalue weighted by Gasteiger charge is -2.34. The van der Waals surface area contributed by atoms with Crippen molar-refractivity contribution in [3.05, 3.63) is 59.0 Å². The summed E-state index contributed by atoms with van der Waals surface area (Å²) in [6.07, 6.45) is 6.24. The molecule has 0 aliphatic carbocycles. The zero-order valence-electron chi connectivity index (χ0n) is 23.8. The summed E-state index contributed by atoms with van der Waals surface area (Å²) in [5, 5.41) is 16.5. The smallest absolute Gasteiger partial charge is 0.308 e. The largest absolute Gasteiger partial charge is 0.481 e. The maximum atomic E-state index is 12.9. The Labute approximate surface area is 244 Å². The summed E-state index contributed by atoms with van der Waals surface area (Å²) in [5.74, 6) is 1.74. The molecule has 0 radical (unpaired) electrons. The lowest BCUT2D eigenvalue weighted by Crippen LogP contribution is -2.35. The molecule has 1 aromatic carbocycles. The zero-order chi connectivity index (χ0) is 29.1. The number of nitrogens with zero attached hydrogens (tertiary/aromatic N) is 4. The summed E-state index contributed by atoms with van der Waals surface area (Å²) in [5.41, 5.74) is 3.80. The number of Topliss-reactive ketones (excluding diaryl/α,β-unsaturated/α-hetero) is 1. The summed E-state index contributed by atoms with van der Waals surface area (Å²) < 4.78 is 10.7. The quantitative estimate of drug-likeness (QED) is 0.300. The fraction of sp³-hybridized carbons (Fsp3) is 0.452. The fourth-order valence-electron chi connectivity index (χ4n) is 5.99. The molecule has 3 N–H and O–H groups in total. The van der Waals surface area contributed by atoms with E-state index in [1.54, 1.807) is 18.2 Å². The number of ketones is 1. The van der Waals surface area contributed by atoms with E-state index in [0.29, 0.717) is 35.2 Å². The van der Waals surface area contributed by atoms with Crippen LogP contribution in [-0.4, -0.2) is 64.8 Å². The average molecular weight is 573 g/mol. The van der Waals surface area contributed by atoms with E-state index in [-0.39, 0.29) is 25.5 Å². The summed E-state index contributed by atoms with van der Waals surface area (Å²) in [4.78, 5) is 41.3. The first-order valence-corrected chi connectivity index (χ1v) is 14.7. The molecular weight excluding hydrogens is 536 g/mol. The van der Waals surface area contributed by atoms with Crippen molar-refractivity contribution in [3.63, 3.8) is 0 Å². The van der Waals surface area contributed by atoms with Crippen molar-refractivity contribution in [1.29, 1.82) is 0 Å². The maximum Gasteiger partial charge on any atom is 0.308 e. The Balaban J connectivity index is 1.10. The number of benzene rings is 1. The molecule has 220 valence electrons. The number of carbonyl (C=O) groups is 2. The van der Waals surface area contributed by atoms with Gasteiger partial charge in [0.1, 0.15) is 23.8 Å². The van der Waals surface area contributed by atoms with Gasteiger partial charge in [-0.25, -0.2) is 15.0 Å². The molecule has 11 heteroatoms. The van der Waals surface area contributed by atoms with Crippen LogP contribution in [0.2, 0.25) is 0 Å². The number of carboxylic acid groups (broad SMARTS) is 1. The summed E-state index contributed by atoms with van der Waals surface area (Å²) in [7, 11) is 0. The van der Waals surface area contributed by atoms with Gasteiger partial charge in [0, 0.05) is 55.3 Å². The van der Waals surface area contributed by atoms with E-state index in [9.17, 15) is 14.7 Å². The second-order valence-corrected chi connectivity index (χ2v) is 11.0. The topological polar surface area (TPSA) is 139 Å². The minimum atomic E-state index is -1.04. The van der Waals surface area contributed by atoms with E-state index in [1.807, 2.05) is 6.92 Å². The second kappa shape index (κ2) is 12.2.